The lowest BCUT2D eigenvalue weighted by molar-refractivity contribution is -0.137. The fourth-order valence-corrected chi connectivity index (χ4v) is 3.06. The van der Waals surface area contributed by atoms with Crippen LogP contribution in [0.3, 0.4) is 0 Å². The minimum absolute atomic E-state index is 0.203. The van der Waals surface area contributed by atoms with Gasteiger partial charge >= 0.3 is 11.9 Å². The smallest absolute Gasteiger partial charge is 0.330 e. The van der Waals surface area contributed by atoms with Gasteiger partial charge < -0.3 is 9.84 Å². The quantitative estimate of drug-likeness (QED) is 0.537. The molecule has 1 N–H and O–H groups in total. The molecule has 22 heavy (non-hydrogen) atoms. The van der Waals surface area contributed by atoms with Gasteiger partial charge in [-0.2, -0.15) is 0 Å². The lowest BCUT2D eigenvalue weighted by atomic mass is 9.84. The van der Waals surface area contributed by atoms with Gasteiger partial charge in [0, 0.05) is 17.0 Å². The van der Waals surface area contributed by atoms with E-state index in [4.69, 9.17) is 21.4 Å². The van der Waals surface area contributed by atoms with Crippen LogP contribution < -0.4 is 4.74 Å². The number of carboxylic acids is 1. The molecule has 2 aromatic carbocycles. The van der Waals surface area contributed by atoms with E-state index in [9.17, 15) is 9.59 Å². The lowest BCUT2D eigenvalue weighted by Crippen LogP contribution is -2.33. The second-order valence-electron chi connectivity index (χ2n) is 5.12. The molecule has 0 spiro atoms. The maximum absolute atomic E-state index is 12.1. The predicted molar refractivity (Wildman–Crippen MR) is 81.3 cm³/mol. The zero-order valence-corrected chi connectivity index (χ0v) is 12.3. The summed E-state index contributed by atoms with van der Waals surface area (Å²) in [6.45, 7) is 0. The molecule has 2 atom stereocenters. The molecule has 2 aromatic rings. The van der Waals surface area contributed by atoms with Gasteiger partial charge in [-0.05, 0) is 5.56 Å². The maximum atomic E-state index is 12.1. The van der Waals surface area contributed by atoms with Crippen molar-refractivity contribution in [2.45, 2.75) is 17.7 Å². The van der Waals surface area contributed by atoms with Crippen molar-refractivity contribution in [3.63, 3.8) is 0 Å². The Bertz CT molecular complexity index is 727. The van der Waals surface area contributed by atoms with Gasteiger partial charge in [0.05, 0.1) is 6.42 Å². The molecule has 3 rings (SSSR count). The number of alkyl halides is 1. The van der Waals surface area contributed by atoms with Gasteiger partial charge in [-0.15, -0.1) is 11.6 Å². The summed E-state index contributed by atoms with van der Waals surface area (Å²) in [5.74, 6) is -1.57. The molecular formula is C17H13ClO4. The molecule has 5 heteroatoms. The molecule has 1 aliphatic heterocycles. The first-order valence-corrected chi connectivity index (χ1v) is 7.26. The number of esters is 1. The first-order chi connectivity index (χ1) is 10.6. The Hall–Kier alpha value is -2.33. The van der Waals surface area contributed by atoms with Gasteiger partial charge in [0.2, 0.25) is 0 Å². The van der Waals surface area contributed by atoms with E-state index in [2.05, 4.69) is 0 Å². The van der Waals surface area contributed by atoms with Crippen LogP contribution in [0.25, 0.3) is 0 Å². The summed E-state index contributed by atoms with van der Waals surface area (Å²) in [5.41, 5.74) is 2.11. The number of para-hydroxylation sites is 1. The second-order valence-corrected chi connectivity index (χ2v) is 5.59. The molecule has 2 unspecified atom stereocenters. The SMILES string of the molecule is O=C(O)Cc1cccc2c1OC(=O)C(Cl)C2c1ccccc1. The largest absolute Gasteiger partial charge is 0.481 e. The lowest BCUT2D eigenvalue weighted by Gasteiger charge is -2.30. The molecule has 0 bridgehead atoms. The Balaban J connectivity index is 2.14. The number of carboxylic acid groups (broad SMARTS) is 1. The van der Waals surface area contributed by atoms with Crippen LogP contribution in [0.2, 0.25) is 0 Å². The molecule has 1 heterocycles. The Morgan fingerprint density at radius 3 is 2.55 bits per heavy atom. The van der Waals surface area contributed by atoms with Crippen LogP contribution in [0.4, 0.5) is 0 Å². The van der Waals surface area contributed by atoms with E-state index in [-0.39, 0.29) is 12.3 Å². The monoisotopic (exact) mass is 316 g/mol. The molecular weight excluding hydrogens is 304 g/mol. The van der Waals surface area contributed by atoms with Gasteiger partial charge in [0.1, 0.15) is 11.1 Å². The number of halogens is 1. The molecule has 0 radical (unpaired) electrons. The Morgan fingerprint density at radius 2 is 1.86 bits per heavy atom. The minimum atomic E-state index is -0.978. The molecule has 0 saturated heterocycles. The van der Waals surface area contributed by atoms with Gasteiger partial charge in [-0.1, -0.05) is 48.5 Å². The number of aliphatic carboxylic acids is 1. The standard InChI is InChI=1S/C17H13ClO4/c18-15-14(10-5-2-1-3-6-10)12-8-4-7-11(9-13(19)20)16(12)22-17(15)21/h1-8,14-15H,9H2,(H,19,20). The topological polar surface area (TPSA) is 63.6 Å². The minimum Gasteiger partial charge on any atom is -0.481 e. The Kier molecular flexibility index (Phi) is 3.86. The summed E-state index contributed by atoms with van der Waals surface area (Å²) in [7, 11) is 0. The van der Waals surface area contributed by atoms with Crippen molar-refractivity contribution >= 4 is 23.5 Å². The summed E-state index contributed by atoms with van der Waals surface area (Å²) < 4.78 is 5.29. The molecule has 4 nitrogen and oxygen atoms in total. The van der Waals surface area contributed by atoms with Crippen LogP contribution >= 0.6 is 11.6 Å². The predicted octanol–water partition coefficient (Wildman–Crippen LogP) is 2.97. The molecule has 1 aliphatic rings. The first-order valence-electron chi connectivity index (χ1n) is 6.82. The summed E-state index contributed by atoms with van der Waals surface area (Å²) >= 11 is 6.26. The van der Waals surface area contributed by atoms with Crippen LogP contribution in [-0.4, -0.2) is 22.4 Å². The van der Waals surface area contributed by atoms with Gasteiger partial charge in [-0.25, -0.2) is 4.79 Å². The summed E-state index contributed by atoms with van der Waals surface area (Å²) in [5, 5.41) is 8.16. The zero-order valence-electron chi connectivity index (χ0n) is 11.5. The molecule has 0 aromatic heterocycles. The number of hydrogen-bond acceptors (Lipinski definition) is 3. The number of fused-ring (bicyclic) bond motifs is 1. The number of rotatable bonds is 3. The number of carbonyl (C=O) groups is 2. The van der Waals surface area contributed by atoms with E-state index in [0.717, 1.165) is 11.1 Å². The fraction of sp³-hybridized carbons (Fsp3) is 0.176. The summed E-state index contributed by atoms with van der Waals surface area (Å²) in [4.78, 5) is 23.1. The van der Waals surface area contributed by atoms with E-state index in [1.807, 2.05) is 36.4 Å². The third-order valence-electron chi connectivity index (χ3n) is 3.68. The highest BCUT2D eigenvalue weighted by atomic mass is 35.5. The molecule has 0 fully saturated rings. The van der Waals surface area contributed by atoms with Gasteiger partial charge in [-0.3, -0.25) is 4.79 Å². The average Bonchev–Trinajstić information content (AvgIpc) is 2.50. The molecule has 0 amide bonds. The van der Waals surface area contributed by atoms with E-state index in [1.54, 1.807) is 12.1 Å². The number of hydrogen-bond donors (Lipinski definition) is 1. The van der Waals surface area contributed by atoms with Crippen molar-refractivity contribution in [3.05, 3.63) is 65.2 Å². The highest BCUT2D eigenvalue weighted by Gasteiger charge is 2.38. The Labute approximate surface area is 132 Å². The highest BCUT2D eigenvalue weighted by molar-refractivity contribution is 6.31. The summed E-state index contributed by atoms with van der Waals surface area (Å²) in [6.07, 6.45) is -0.203. The number of carbonyl (C=O) groups excluding carboxylic acids is 1. The van der Waals surface area contributed by atoms with Crippen LogP contribution in [-0.2, 0) is 16.0 Å². The van der Waals surface area contributed by atoms with E-state index >= 15 is 0 Å². The fourth-order valence-electron chi connectivity index (χ4n) is 2.74. The van der Waals surface area contributed by atoms with Crippen molar-refractivity contribution in [2.75, 3.05) is 0 Å². The normalized spacial score (nSPS) is 20.1. The van der Waals surface area contributed by atoms with E-state index in [0.29, 0.717) is 11.3 Å². The molecule has 0 saturated carbocycles. The average molecular weight is 317 g/mol. The summed E-state index contributed by atoms with van der Waals surface area (Å²) in [6, 6.07) is 14.7. The van der Waals surface area contributed by atoms with Gasteiger partial charge in [0.25, 0.3) is 0 Å². The Morgan fingerprint density at radius 1 is 1.14 bits per heavy atom. The van der Waals surface area contributed by atoms with Crippen LogP contribution in [0, 0.1) is 0 Å². The zero-order chi connectivity index (χ0) is 15.7. The third kappa shape index (κ3) is 2.57. The number of ether oxygens (including phenoxy) is 1. The van der Waals surface area contributed by atoms with Crippen molar-refractivity contribution in [2.24, 2.45) is 0 Å². The van der Waals surface area contributed by atoms with E-state index in [1.165, 1.54) is 0 Å². The van der Waals surface area contributed by atoms with Gasteiger partial charge in [0.15, 0.2) is 0 Å². The highest BCUT2D eigenvalue weighted by Crippen LogP contribution is 2.42. The molecule has 112 valence electrons. The first kappa shape index (κ1) is 14.6. The van der Waals surface area contributed by atoms with Crippen molar-refractivity contribution < 1.29 is 19.4 Å². The maximum Gasteiger partial charge on any atom is 0.330 e. The van der Waals surface area contributed by atoms with Crippen LogP contribution in [0.5, 0.6) is 5.75 Å². The van der Waals surface area contributed by atoms with Crippen LogP contribution in [0.1, 0.15) is 22.6 Å². The van der Waals surface area contributed by atoms with Crippen molar-refractivity contribution in [1.29, 1.82) is 0 Å². The van der Waals surface area contributed by atoms with Crippen LogP contribution in [0.15, 0.2) is 48.5 Å². The third-order valence-corrected chi connectivity index (χ3v) is 4.11. The number of benzene rings is 2. The van der Waals surface area contributed by atoms with Crippen molar-refractivity contribution in [3.8, 4) is 5.75 Å². The van der Waals surface area contributed by atoms with Crippen molar-refractivity contribution in [1.82, 2.24) is 0 Å². The second kappa shape index (κ2) is 5.81. The van der Waals surface area contributed by atoms with E-state index < -0.39 is 17.3 Å². The molecule has 0 aliphatic carbocycles.